The average Bonchev–Trinajstić information content (AvgIpc) is 3.09. The van der Waals surface area contributed by atoms with Crippen LogP contribution in [0.1, 0.15) is 24.5 Å². The van der Waals surface area contributed by atoms with Crippen molar-refractivity contribution in [1.82, 2.24) is 5.01 Å². The third-order valence-electron chi connectivity index (χ3n) is 5.27. The van der Waals surface area contributed by atoms with Gasteiger partial charge in [-0.05, 0) is 60.4 Å². The van der Waals surface area contributed by atoms with Crippen LogP contribution in [0.3, 0.4) is 0 Å². The third kappa shape index (κ3) is 6.75. The zero-order chi connectivity index (χ0) is 26.0. The minimum Gasteiger partial charge on any atom is -0.406 e. The van der Waals surface area contributed by atoms with Gasteiger partial charge in [-0.3, -0.25) is 0 Å². The van der Waals surface area contributed by atoms with Crippen LogP contribution in [-0.4, -0.2) is 41.7 Å². The lowest BCUT2D eigenvalue weighted by atomic mass is 9.80. The van der Waals surface area contributed by atoms with Crippen molar-refractivity contribution in [3.8, 4) is 5.75 Å². The van der Waals surface area contributed by atoms with Crippen LogP contribution in [0.2, 0.25) is 5.02 Å². The van der Waals surface area contributed by atoms with Gasteiger partial charge in [0.1, 0.15) is 5.75 Å². The summed E-state index contributed by atoms with van der Waals surface area (Å²) in [6.45, 7) is 1.99. The van der Waals surface area contributed by atoms with Gasteiger partial charge in [0.25, 0.3) is 0 Å². The van der Waals surface area contributed by atoms with Gasteiger partial charge in [0.15, 0.2) is 0 Å². The molecule has 1 aliphatic heterocycles. The molecule has 0 radical (unpaired) electrons. The molecule has 2 aromatic rings. The van der Waals surface area contributed by atoms with Crippen LogP contribution in [0.25, 0.3) is 0 Å². The number of benzene rings is 2. The average molecular weight is 540 g/mol. The fourth-order valence-corrected chi connectivity index (χ4v) is 4.49. The monoisotopic (exact) mass is 539 g/mol. The number of halogens is 7. The van der Waals surface area contributed by atoms with Crippen molar-refractivity contribution in [3.05, 3.63) is 58.6 Å². The number of hydrogen-bond donors (Lipinski definition) is 1. The Hall–Kier alpha value is -2.60. The number of carbonyl (C=O) groups is 1. The van der Waals surface area contributed by atoms with E-state index in [0.29, 0.717) is 23.4 Å². The summed E-state index contributed by atoms with van der Waals surface area (Å²) in [5, 5.41) is 7.58. The third-order valence-corrected chi connectivity index (χ3v) is 6.20. The highest BCUT2D eigenvalue weighted by Crippen LogP contribution is 2.39. The minimum absolute atomic E-state index is 0.142. The van der Waals surface area contributed by atoms with Crippen molar-refractivity contribution in [2.75, 3.05) is 23.9 Å². The SMILES string of the molecule is CSCCC1(C)CN(C(=O)Nc2ccc(OC(F)(F)F)cc2)N=C1c1ccc(C(F)(F)F)c(Cl)c1. The van der Waals surface area contributed by atoms with Crippen LogP contribution in [-0.2, 0) is 6.18 Å². The van der Waals surface area contributed by atoms with Crippen molar-refractivity contribution in [1.29, 1.82) is 0 Å². The zero-order valence-electron chi connectivity index (χ0n) is 18.4. The molecule has 0 aliphatic carbocycles. The molecule has 0 saturated carbocycles. The number of hydrogen-bond acceptors (Lipinski definition) is 4. The van der Waals surface area contributed by atoms with Gasteiger partial charge in [-0.15, -0.1) is 13.2 Å². The molecular weight excluding hydrogens is 520 g/mol. The molecule has 0 fully saturated rings. The van der Waals surface area contributed by atoms with Gasteiger partial charge in [-0.1, -0.05) is 24.6 Å². The summed E-state index contributed by atoms with van der Waals surface area (Å²) in [6.07, 6.45) is -6.96. The second kappa shape index (κ2) is 10.2. The number of nitrogens with one attached hydrogen (secondary N) is 1. The van der Waals surface area contributed by atoms with Crippen LogP contribution in [0.15, 0.2) is 47.6 Å². The van der Waals surface area contributed by atoms with E-state index in [0.717, 1.165) is 23.2 Å². The molecule has 35 heavy (non-hydrogen) atoms. The number of carbonyl (C=O) groups excluding carboxylic acids is 1. The highest BCUT2D eigenvalue weighted by atomic mass is 35.5. The van der Waals surface area contributed by atoms with Gasteiger partial charge in [-0.2, -0.15) is 30.0 Å². The van der Waals surface area contributed by atoms with Crippen LogP contribution in [0.4, 0.5) is 36.8 Å². The zero-order valence-corrected chi connectivity index (χ0v) is 20.0. The second-order valence-electron chi connectivity index (χ2n) is 8.00. The Kier molecular flexibility index (Phi) is 7.85. The molecule has 0 bridgehead atoms. The molecule has 0 spiro atoms. The molecule has 1 unspecified atom stereocenters. The molecule has 3 rings (SSSR count). The summed E-state index contributed by atoms with van der Waals surface area (Å²) in [4.78, 5) is 12.8. The number of ether oxygens (including phenoxy) is 1. The minimum atomic E-state index is -4.84. The summed E-state index contributed by atoms with van der Waals surface area (Å²) in [7, 11) is 0. The smallest absolute Gasteiger partial charge is 0.406 e. The van der Waals surface area contributed by atoms with E-state index < -0.39 is 40.3 Å². The van der Waals surface area contributed by atoms with Crippen LogP contribution in [0.5, 0.6) is 5.75 Å². The normalized spacial score (nSPS) is 18.4. The number of thioether (sulfide) groups is 1. The molecule has 1 N–H and O–H groups in total. The second-order valence-corrected chi connectivity index (χ2v) is 9.40. The Balaban J connectivity index is 1.84. The first-order chi connectivity index (χ1) is 16.2. The van der Waals surface area contributed by atoms with Crippen LogP contribution >= 0.6 is 23.4 Å². The highest BCUT2D eigenvalue weighted by molar-refractivity contribution is 7.98. The standard InChI is InChI=1S/C22H20ClF6N3O2S/c1-20(9-10-35-2)12-32(19(33)30-14-4-6-15(7-5-14)34-22(27,28)29)31-18(20)13-3-8-16(17(23)11-13)21(24,25)26/h3-8,11H,9-10,12H2,1-2H3,(H,30,33). The van der Waals surface area contributed by atoms with Gasteiger partial charge in [-0.25, -0.2) is 9.80 Å². The lowest BCUT2D eigenvalue weighted by Gasteiger charge is -2.26. The van der Waals surface area contributed by atoms with E-state index in [1.54, 1.807) is 11.8 Å². The molecule has 2 amide bonds. The summed E-state index contributed by atoms with van der Waals surface area (Å²) >= 11 is 7.47. The topological polar surface area (TPSA) is 53.9 Å². The molecule has 5 nitrogen and oxygen atoms in total. The van der Waals surface area contributed by atoms with E-state index in [4.69, 9.17) is 11.6 Å². The molecular formula is C22H20ClF6N3O2S. The van der Waals surface area contributed by atoms with Crippen molar-refractivity contribution in [3.63, 3.8) is 0 Å². The van der Waals surface area contributed by atoms with Crippen LogP contribution < -0.4 is 10.1 Å². The molecule has 1 aliphatic rings. The molecule has 190 valence electrons. The number of hydrazone groups is 1. The van der Waals surface area contributed by atoms with Crippen LogP contribution in [0, 0.1) is 5.41 Å². The van der Waals surface area contributed by atoms with Crippen molar-refractivity contribution >= 4 is 40.8 Å². The van der Waals surface area contributed by atoms with E-state index in [1.165, 1.54) is 24.3 Å². The van der Waals surface area contributed by atoms with Crippen molar-refractivity contribution in [2.24, 2.45) is 10.5 Å². The van der Waals surface area contributed by atoms with Crippen molar-refractivity contribution < 1.29 is 35.9 Å². The van der Waals surface area contributed by atoms with E-state index in [-0.39, 0.29) is 12.2 Å². The first-order valence-electron chi connectivity index (χ1n) is 10.1. The van der Waals surface area contributed by atoms with Gasteiger partial charge in [0.05, 0.1) is 22.8 Å². The van der Waals surface area contributed by atoms with Crippen molar-refractivity contribution in [2.45, 2.75) is 25.9 Å². The maximum Gasteiger partial charge on any atom is 0.573 e. The maximum atomic E-state index is 13.1. The maximum absolute atomic E-state index is 13.1. The van der Waals surface area contributed by atoms with E-state index in [9.17, 15) is 31.1 Å². The Labute approximate surface area is 206 Å². The Bertz CT molecular complexity index is 1110. The predicted molar refractivity (Wildman–Crippen MR) is 123 cm³/mol. The predicted octanol–water partition coefficient (Wildman–Crippen LogP) is 7.27. The summed E-state index contributed by atoms with van der Waals surface area (Å²) in [5.74, 6) is 0.265. The highest BCUT2D eigenvalue weighted by Gasteiger charge is 2.42. The largest absolute Gasteiger partial charge is 0.573 e. The number of urea groups is 1. The fraction of sp³-hybridized carbons (Fsp3) is 0.364. The lowest BCUT2D eigenvalue weighted by Crippen LogP contribution is -2.36. The molecule has 2 aromatic carbocycles. The van der Waals surface area contributed by atoms with E-state index in [1.807, 2.05) is 13.2 Å². The molecule has 13 heteroatoms. The Morgan fingerprint density at radius 1 is 1.17 bits per heavy atom. The van der Waals surface area contributed by atoms with E-state index in [2.05, 4.69) is 15.2 Å². The molecule has 0 aromatic heterocycles. The number of anilines is 1. The number of amides is 2. The lowest BCUT2D eigenvalue weighted by molar-refractivity contribution is -0.274. The molecule has 0 saturated heterocycles. The number of rotatable bonds is 6. The summed E-state index contributed by atoms with van der Waals surface area (Å²) < 4.78 is 80.1. The fourth-order valence-electron chi connectivity index (χ4n) is 3.55. The molecule has 1 atom stereocenters. The van der Waals surface area contributed by atoms with E-state index >= 15 is 0 Å². The quantitative estimate of drug-likeness (QED) is 0.393. The van der Waals surface area contributed by atoms with Gasteiger partial charge >= 0.3 is 18.6 Å². The summed E-state index contributed by atoms with van der Waals surface area (Å²) in [5.41, 5.74) is -0.674. The Morgan fingerprint density at radius 2 is 1.83 bits per heavy atom. The van der Waals surface area contributed by atoms with Gasteiger partial charge in [0, 0.05) is 11.1 Å². The summed E-state index contributed by atoms with van der Waals surface area (Å²) in [6, 6.07) is 7.25. The Morgan fingerprint density at radius 3 is 2.37 bits per heavy atom. The number of nitrogens with zero attached hydrogens (tertiary/aromatic N) is 2. The first-order valence-corrected chi connectivity index (χ1v) is 11.9. The number of alkyl halides is 6. The van der Waals surface area contributed by atoms with Gasteiger partial charge < -0.3 is 10.1 Å². The first kappa shape index (κ1) is 27.0. The van der Waals surface area contributed by atoms with Gasteiger partial charge in [0.2, 0.25) is 0 Å². The molecule has 1 heterocycles.